The molecule has 1 rings (SSSR count). The van der Waals surface area contributed by atoms with E-state index in [2.05, 4.69) is 4.72 Å². The smallest absolute Gasteiger partial charge is 0.240 e. The molecule has 1 aromatic carbocycles. The molecule has 0 spiro atoms. The Morgan fingerprint density at radius 3 is 2.37 bits per heavy atom. The summed E-state index contributed by atoms with van der Waals surface area (Å²) in [7, 11) is -1.89. The van der Waals surface area contributed by atoms with E-state index in [1.54, 1.807) is 19.2 Å². The highest BCUT2D eigenvalue weighted by Gasteiger charge is 2.12. The van der Waals surface area contributed by atoms with Gasteiger partial charge in [-0.1, -0.05) is 0 Å². The predicted molar refractivity (Wildman–Crippen MR) is 75.3 cm³/mol. The van der Waals surface area contributed by atoms with Crippen LogP contribution in [0.4, 0.5) is 0 Å². The fourth-order valence-electron chi connectivity index (χ4n) is 1.23. The quantitative estimate of drug-likeness (QED) is 0.677. The maximum absolute atomic E-state index is 11.7. The third kappa shape index (κ3) is 6.22. The molecule has 0 saturated heterocycles. The van der Waals surface area contributed by atoms with Crippen LogP contribution >= 0.6 is 12.4 Å². The summed E-state index contributed by atoms with van der Waals surface area (Å²) in [6.45, 7) is 1.39. The number of hydrogen-bond acceptors (Lipinski definition) is 5. The summed E-state index contributed by atoms with van der Waals surface area (Å²) in [6.07, 6.45) is 0. The molecule has 0 unspecified atom stereocenters. The molecular weight excluding hydrogens is 292 g/mol. The molecule has 0 fully saturated rings. The molecule has 110 valence electrons. The Balaban J connectivity index is 0.00000324. The number of nitrogens with one attached hydrogen (secondary N) is 1. The van der Waals surface area contributed by atoms with Crippen LogP contribution in [-0.4, -0.2) is 41.8 Å². The Hall–Kier alpha value is -0.860. The van der Waals surface area contributed by atoms with Crippen LogP contribution in [0, 0.1) is 0 Å². The van der Waals surface area contributed by atoms with Crippen LogP contribution in [0.3, 0.4) is 0 Å². The summed E-state index contributed by atoms with van der Waals surface area (Å²) in [5.41, 5.74) is 5.25. The summed E-state index contributed by atoms with van der Waals surface area (Å²) in [4.78, 5) is 0.190. The van der Waals surface area contributed by atoms with Gasteiger partial charge in [-0.3, -0.25) is 0 Å². The number of ether oxygens (including phenoxy) is 2. The first kappa shape index (κ1) is 18.1. The van der Waals surface area contributed by atoms with Crippen LogP contribution < -0.4 is 15.2 Å². The second kappa shape index (κ2) is 9.11. The van der Waals surface area contributed by atoms with E-state index >= 15 is 0 Å². The number of rotatable bonds is 8. The lowest BCUT2D eigenvalue weighted by molar-refractivity contribution is 0.146. The Kier molecular flexibility index (Phi) is 8.70. The summed E-state index contributed by atoms with van der Waals surface area (Å²) in [6, 6.07) is 6.18. The molecule has 6 nitrogen and oxygen atoms in total. The zero-order chi connectivity index (χ0) is 13.4. The minimum atomic E-state index is -3.47. The van der Waals surface area contributed by atoms with Crippen molar-refractivity contribution in [3.8, 4) is 5.75 Å². The highest BCUT2D eigenvalue weighted by Crippen LogP contribution is 2.15. The average Bonchev–Trinajstić information content (AvgIpc) is 2.37. The molecule has 0 heterocycles. The maximum Gasteiger partial charge on any atom is 0.240 e. The molecule has 1 aromatic rings. The molecule has 0 radical (unpaired) electrons. The van der Waals surface area contributed by atoms with Crippen LogP contribution in [0.5, 0.6) is 5.75 Å². The van der Waals surface area contributed by atoms with E-state index in [1.807, 2.05) is 0 Å². The number of nitrogens with two attached hydrogens (primary N) is 1. The molecule has 0 aromatic heterocycles. The van der Waals surface area contributed by atoms with Crippen LogP contribution in [0.25, 0.3) is 0 Å². The zero-order valence-electron chi connectivity index (χ0n) is 10.7. The number of methoxy groups -OCH3 is 1. The van der Waals surface area contributed by atoms with Gasteiger partial charge < -0.3 is 15.2 Å². The van der Waals surface area contributed by atoms with Gasteiger partial charge in [0.2, 0.25) is 10.0 Å². The highest BCUT2D eigenvalue weighted by atomic mass is 35.5. The molecule has 0 atom stereocenters. The Morgan fingerprint density at radius 1 is 1.21 bits per heavy atom. The number of hydrogen-bond donors (Lipinski definition) is 2. The normalized spacial score (nSPS) is 10.8. The first-order valence-electron chi connectivity index (χ1n) is 5.51. The topological polar surface area (TPSA) is 90.6 Å². The molecular formula is C11H19ClN2O4S. The van der Waals surface area contributed by atoms with Crippen LogP contribution in [0.1, 0.15) is 0 Å². The fraction of sp³-hybridized carbons (Fsp3) is 0.455. The van der Waals surface area contributed by atoms with Crippen molar-refractivity contribution >= 4 is 22.4 Å². The lowest BCUT2D eigenvalue weighted by atomic mass is 10.3. The molecule has 0 aliphatic heterocycles. The van der Waals surface area contributed by atoms with Gasteiger partial charge in [0.15, 0.2) is 0 Å². The molecule has 0 bridgehead atoms. The zero-order valence-corrected chi connectivity index (χ0v) is 12.3. The summed E-state index contributed by atoms with van der Waals surface area (Å²) < 4.78 is 36.0. The molecule has 0 aliphatic rings. The molecule has 0 saturated carbocycles. The highest BCUT2D eigenvalue weighted by molar-refractivity contribution is 7.89. The van der Waals surface area contributed by atoms with E-state index in [1.165, 1.54) is 12.1 Å². The molecule has 3 N–H and O–H groups in total. The van der Waals surface area contributed by atoms with Gasteiger partial charge >= 0.3 is 0 Å². The summed E-state index contributed by atoms with van der Waals surface area (Å²) in [5.74, 6) is 0.602. The largest absolute Gasteiger partial charge is 0.491 e. The fourth-order valence-corrected chi connectivity index (χ4v) is 2.28. The van der Waals surface area contributed by atoms with Crippen molar-refractivity contribution in [2.75, 3.05) is 33.4 Å². The average molecular weight is 311 g/mol. The third-order valence-corrected chi connectivity index (χ3v) is 3.60. The Morgan fingerprint density at radius 2 is 1.84 bits per heavy atom. The SMILES string of the molecule is COCCOc1ccc(S(=O)(=O)NCCN)cc1.Cl. The molecule has 19 heavy (non-hydrogen) atoms. The minimum Gasteiger partial charge on any atom is -0.491 e. The Bertz CT molecular complexity index is 450. The van der Waals surface area contributed by atoms with Gasteiger partial charge in [0.1, 0.15) is 12.4 Å². The van der Waals surface area contributed by atoms with Crippen molar-refractivity contribution in [1.82, 2.24) is 4.72 Å². The van der Waals surface area contributed by atoms with E-state index in [-0.39, 0.29) is 30.4 Å². The Labute approximate surface area is 119 Å². The summed E-state index contributed by atoms with van der Waals surface area (Å²) >= 11 is 0. The van der Waals surface area contributed by atoms with Crippen molar-refractivity contribution < 1.29 is 17.9 Å². The van der Waals surface area contributed by atoms with Crippen LogP contribution in [-0.2, 0) is 14.8 Å². The van der Waals surface area contributed by atoms with Gasteiger partial charge in [0.25, 0.3) is 0 Å². The number of benzene rings is 1. The van der Waals surface area contributed by atoms with Gasteiger partial charge in [-0.05, 0) is 24.3 Å². The van der Waals surface area contributed by atoms with Crippen molar-refractivity contribution in [3.05, 3.63) is 24.3 Å². The van der Waals surface area contributed by atoms with Crippen molar-refractivity contribution in [3.63, 3.8) is 0 Å². The minimum absolute atomic E-state index is 0. The van der Waals surface area contributed by atoms with E-state index in [0.29, 0.717) is 19.0 Å². The van der Waals surface area contributed by atoms with Crippen molar-refractivity contribution in [1.29, 1.82) is 0 Å². The predicted octanol–water partition coefficient (Wildman–Crippen LogP) is 0.371. The van der Waals surface area contributed by atoms with Gasteiger partial charge in [-0.25, -0.2) is 13.1 Å². The first-order chi connectivity index (χ1) is 8.60. The number of halogens is 1. The van der Waals surface area contributed by atoms with Gasteiger partial charge in [0.05, 0.1) is 11.5 Å². The molecule has 0 aliphatic carbocycles. The standard InChI is InChI=1S/C11H18N2O4S.ClH/c1-16-8-9-17-10-2-4-11(5-3-10)18(14,15)13-7-6-12;/h2-5,13H,6-9,12H2,1H3;1H. The number of sulfonamides is 1. The lowest BCUT2D eigenvalue weighted by Gasteiger charge is -2.08. The van der Waals surface area contributed by atoms with Gasteiger partial charge in [-0.15, -0.1) is 12.4 Å². The monoisotopic (exact) mass is 310 g/mol. The summed E-state index contributed by atoms with van der Waals surface area (Å²) in [5, 5.41) is 0. The second-order valence-corrected chi connectivity index (χ2v) is 5.27. The van der Waals surface area contributed by atoms with Crippen molar-refractivity contribution in [2.24, 2.45) is 5.73 Å². The van der Waals surface area contributed by atoms with Crippen LogP contribution in [0.15, 0.2) is 29.2 Å². The van der Waals surface area contributed by atoms with E-state index in [9.17, 15) is 8.42 Å². The lowest BCUT2D eigenvalue weighted by Crippen LogP contribution is -2.29. The molecule has 0 amide bonds. The van der Waals surface area contributed by atoms with E-state index in [4.69, 9.17) is 15.2 Å². The first-order valence-corrected chi connectivity index (χ1v) is 7.00. The van der Waals surface area contributed by atoms with E-state index in [0.717, 1.165) is 0 Å². The van der Waals surface area contributed by atoms with Gasteiger partial charge in [0, 0.05) is 20.2 Å². The maximum atomic E-state index is 11.7. The molecule has 8 heteroatoms. The van der Waals surface area contributed by atoms with Crippen molar-refractivity contribution in [2.45, 2.75) is 4.90 Å². The third-order valence-electron chi connectivity index (χ3n) is 2.13. The van der Waals surface area contributed by atoms with Crippen LogP contribution in [0.2, 0.25) is 0 Å². The second-order valence-electron chi connectivity index (χ2n) is 3.50. The van der Waals surface area contributed by atoms with Gasteiger partial charge in [-0.2, -0.15) is 0 Å². The van der Waals surface area contributed by atoms with E-state index < -0.39 is 10.0 Å².